The number of nitrogens with zero attached hydrogens (tertiary/aromatic N) is 1. The molecule has 0 saturated carbocycles. The van der Waals surface area contributed by atoms with E-state index in [4.69, 9.17) is 4.74 Å². The summed E-state index contributed by atoms with van der Waals surface area (Å²) < 4.78 is 4.97. The van der Waals surface area contributed by atoms with E-state index in [1.807, 2.05) is 0 Å². The Balaban J connectivity index is 5.34. The molecular weight excluding hydrogens is 484 g/mol. The molecule has 0 saturated heterocycles. The van der Waals surface area contributed by atoms with Crippen LogP contribution in [0.4, 0.5) is 0 Å². The smallest absolute Gasteiger partial charge is 0.328 e. The van der Waals surface area contributed by atoms with Gasteiger partial charge < -0.3 is 35.5 Å². The minimum Gasteiger partial charge on any atom is -0.511 e. The van der Waals surface area contributed by atoms with E-state index in [0.29, 0.717) is 0 Å². The van der Waals surface area contributed by atoms with Gasteiger partial charge in [-0.1, -0.05) is 13.2 Å². The van der Waals surface area contributed by atoms with E-state index in [-0.39, 0.29) is 74.9 Å². The Labute approximate surface area is 217 Å². The third kappa shape index (κ3) is 15.2. The molecule has 3 amide bonds. The predicted octanol–water partition coefficient (Wildman–Crippen LogP) is 0.322. The lowest BCUT2D eigenvalue weighted by molar-refractivity contribution is -0.148. The Morgan fingerprint density at radius 3 is 1.97 bits per heavy atom. The summed E-state index contributed by atoms with van der Waals surface area (Å²) in [7, 11) is 3.40. The molecule has 0 aromatic carbocycles. The number of esters is 1. The van der Waals surface area contributed by atoms with Gasteiger partial charge in [-0.25, -0.2) is 4.79 Å². The fourth-order valence-electron chi connectivity index (χ4n) is 3.16. The first kappa shape index (κ1) is 33.5. The summed E-state index contributed by atoms with van der Waals surface area (Å²) in [6.07, 6.45) is 0.830. The number of Topliss-reactive ketones (excluding diaryl/α,β-unsaturated/α-hetero) is 1. The second-order valence-electron chi connectivity index (χ2n) is 8.77. The van der Waals surface area contributed by atoms with E-state index in [1.165, 1.54) is 6.92 Å². The number of hydrogen-bond donors (Lipinski definition) is 4. The molecular formula is C25H40N4O8. The lowest BCUT2D eigenvalue weighted by atomic mass is 10.0. The molecule has 0 rings (SSSR count). The zero-order valence-corrected chi connectivity index (χ0v) is 22.1. The van der Waals surface area contributed by atoms with Crippen LogP contribution in [0.5, 0.6) is 0 Å². The van der Waals surface area contributed by atoms with E-state index in [2.05, 4.69) is 29.1 Å². The number of hydrogen-bond acceptors (Lipinski definition) is 9. The summed E-state index contributed by atoms with van der Waals surface area (Å²) >= 11 is 0. The van der Waals surface area contributed by atoms with Crippen molar-refractivity contribution < 1.29 is 38.6 Å². The van der Waals surface area contributed by atoms with Gasteiger partial charge in [-0.2, -0.15) is 0 Å². The van der Waals surface area contributed by atoms with Gasteiger partial charge >= 0.3 is 5.97 Å². The number of ether oxygens (including phenoxy) is 1. The van der Waals surface area contributed by atoms with Crippen LogP contribution in [0.15, 0.2) is 25.0 Å². The maximum Gasteiger partial charge on any atom is 0.328 e. The molecule has 0 aromatic heterocycles. The van der Waals surface area contributed by atoms with E-state index in [1.54, 1.807) is 25.9 Å². The number of likely N-dealkylation sites (N-methyl/N-ethyl adjacent to an activating group) is 1. The van der Waals surface area contributed by atoms with Crippen LogP contribution in [0, 0.1) is 0 Å². The highest BCUT2D eigenvalue weighted by atomic mass is 16.5. The number of rotatable bonds is 19. The van der Waals surface area contributed by atoms with E-state index >= 15 is 0 Å². The Morgan fingerprint density at radius 2 is 1.46 bits per heavy atom. The first-order chi connectivity index (χ1) is 17.3. The summed E-state index contributed by atoms with van der Waals surface area (Å²) in [6.45, 7) is 9.87. The molecule has 12 nitrogen and oxygen atoms in total. The van der Waals surface area contributed by atoms with Crippen molar-refractivity contribution in [2.45, 2.75) is 70.5 Å². The summed E-state index contributed by atoms with van der Waals surface area (Å²) in [6, 6.07) is -3.16. The highest BCUT2D eigenvalue weighted by Gasteiger charge is 2.28. The highest BCUT2D eigenvalue weighted by molar-refractivity contribution is 5.92. The van der Waals surface area contributed by atoms with Crippen LogP contribution in [-0.4, -0.2) is 90.6 Å². The molecule has 37 heavy (non-hydrogen) atoms. The van der Waals surface area contributed by atoms with Gasteiger partial charge in [-0.3, -0.25) is 19.2 Å². The number of aliphatic hydroxyl groups excluding tert-OH is 1. The molecule has 4 N–H and O–H groups in total. The number of nitrogens with one attached hydrogen (secondary N) is 3. The Bertz CT molecular complexity index is 856. The largest absolute Gasteiger partial charge is 0.511 e. The van der Waals surface area contributed by atoms with Crippen LogP contribution >= 0.6 is 0 Å². The van der Waals surface area contributed by atoms with Crippen LogP contribution in [0.25, 0.3) is 0 Å². The van der Waals surface area contributed by atoms with E-state index < -0.39 is 35.9 Å². The second kappa shape index (κ2) is 17.8. The van der Waals surface area contributed by atoms with Gasteiger partial charge in [0.25, 0.3) is 0 Å². The van der Waals surface area contributed by atoms with Crippen molar-refractivity contribution in [3.8, 4) is 0 Å². The summed E-state index contributed by atoms with van der Waals surface area (Å²) in [5.74, 6) is -3.25. The number of ketones is 2. The standard InChI is InChI=1S/C25H40N4O8/c1-7-18(32)10-12-21(25(36)37-8-2)28-24(35)20(11-9-16(3)30)27-22(33)14-13-19(17(4)31)26-23(34)15-29(5)6/h7,19-21,31H,1,4,8-15H2,2-3,5-6H3,(H,26,34)(H,27,33)(H,28,35)/t19-,20-,21-/m0/s1. The summed E-state index contributed by atoms with van der Waals surface area (Å²) in [4.78, 5) is 74.6. The topological polar surface area (TPSA) is 171 Å². The van der Waals surface area contributed by atoms with Gasteiger partial charge in [0.05, 0.1) is 19.2 Å². The second-order valence-corrected chi connectivity index (χ2v) is 8.77. The van der Waals surface area contributed by atoms with Crippen molar-refractivity contribution in [3.63, 3.8) is 0 Å². The van der Waals surface area contributed by atoms with Crippen LogP contribution in [0.3, 0.4) is 0 Å². The number of carbonyl (C=O) groups excluding carboxylic acids is 6. The van der Waals surface area contributed by atoms with Gasteiger partial charge in [-0.15, -0.1) is 0 Å². The molecule has 3 atom stereocenters. The van der Waals surface area contributed by atoms with Crippen LogP contribution in [0.2, 0.25) is 0 Å². The van der Waals surface area contributed by atoms with Crippen molar-refractivity contribution in [2.24, 2.45) is 0 Å². The average Bonchev–Trinajstić information content (AvgIpc) is 2.80. The molecule has 12 heteroatoms. The molecule has 0 unspecified atom stereocenters. The molecule has 208 valence electrons. The number of allylic oxidation sites excluding steroid dienone is 1. The zero-order chi connectivity index (χ0) is 28.5. The molecule has 0 fully saturated rings. The Hall–Kier alpha value is -3.54. The van der Waals surface area contributed by atoms with E-state index in [0.717, 1.165) is 6.08 Å². The molecule has 0 aliphatic rings. The molecule has 0 aromatic rings. The normalized spacial score (nSPS) is 13.0. The Kier molecular flexibility index (Phi) is 16.1. The quantitative estimate of drug-likeness (QED) is 0.105. The van der Waals surface area contributed by atoms with Gasteiger partial charge in [0.15, 0.2) is 5.78 Å². The minimum atomic E-state index is -1.15. The first-order valence-corrected chi connectivity index (χ1v) is 12.0. The third-order valence-electron chi connectivity index (χ3n) is 5.09. The van der Waals surface area contributed by atoms with Crippen LogP contribution in [0.1, 0.15) is 52.4 Å². The average molecular weight is 525 g/mol. The van der Waals surface area contributed by atoms with Crippen LogP contribution in [-0.2, 0) is 33.5 Å². The van der Waals surface area contributed by atoms with Crippen molar-refractivity contribution in [2.75, 3.05) is 27.2 Å². The fraction of sp³-hybridized carbons (Fsp3) is 0.600. The molecule has 0 radical (unpaired) electrons. The summed E-state index contributed by atoms with van der Waals surface area (Å²) in [5.41, 5.74) is 0. The maximum atomic E-state index is 13.0. The van der Waals surface area contributed by atoms with Crippen LogP contribution < -0.4 is 16.0 Å². The molecule has 0 aliphatic carbocycles. The number of amides is 3. The van der Waals surface area contributed by atoms with Crippen molar-refractivity contribution in [1.82, 2.24) is 20.9 Å². The van der Waals surface area contributed by atoms with Gasteiger partial charge in [0, 0.05) is 19.3 Å². The number of carbonyl (C=O) groups is 6. The first-order valence-electron chi connectivity index (χ1n) is 12.0. The SMILES string of the molecule is C=CC(=O)CC[C@H](NC(=O)[C@H](CCC(C)=O)NC(=O)CC[C@H](NC(=O)CN(C)C)C(=C)O)C(=O)OCC. The molecule has 0 spiro atoms. The fourth-order valence-corrected chi connectivity index (χ4v) is 3.16. The van der Waals surface area contributed by atoms with Crippen molar-refractivity contribution in [3.05, 3.63) is 25.0 Å². The molecule has 0 heterocycles. The van der Waals surface area contributed by atoms with Gasteiger partial charge in [0.1, 0.15) is 23.6 Å². The highest BCUT2D eigenvalue weighted by Crippen LogP contribution is 2.08. The van der Waals surface area contributed by atoms with Crippen molar-refractivity contribution >= 4 is 35.3 Å². The monoisotopic (exact) mass is 524 g/mol. The zero-order valence-electron chi connectivity index (χ0n) is 22.1. The maximum absolute atomic E-state index is 13.0. The lowest BCUT2D eigenvalue weighted by Gasteiger charge is -2.23. The summed E-state index contributed by atoms with van der Waals surface area (Å²) in [5, 5.41) is 17.4. The predicted molar refractivity (Wildman–Crippen MR) is 136 cm³/mol. The minimum absolute atomic E-state index is 0.00590. The lowest BCUT2D eigenvalue weighted by Crippen LogP contribution is -2.52. The van der Waals surface area contributed by atoms with Crippen molar-refractivity contribution in [1.29, 1.82) is 0 Å². The van der Waals surface area contributed by atoms with Gasteiger partial charge in [0.2, 0.25) is 17.7 Å². The number of aliphatic hydroxyl groups is 1. The Morgan fingerprint density at radius 1 is 0.892 bits per heavy atom. The molecule has 0 aliphatic heterocycles. The van der Waals surface area contributed by atoms with E-state index in [9.17, 15) is 33.9 Å². The third-order valence-corrected chi connectivity index (χ3v) is 5.09. The molecule has 0 bridgehead atoms. The van der Waals surface area contributed by atoms with Gasteiger partial charge in [-0.05, 0) is 53.3 Å².